The molecular weight excluding hydrogens is 277 g/mol. The van der Waals surface area contributed by atoms with Crippen molar-refractivity contribution in [3.63, 3.8) is 0 Å². The highest BCUT2D eigenvalue weighted by atomic mass is 19.4. The van der Waals surface area contributed by atoms with E-state index < -0.39 is 12.1 Å². The summed E-state index contributed by atoms with van der Waals surface area (Å²) in [7, 11) is 0. The van der Waals surface area contributed by atoms with Crippen LogP contribution in [0.1, 0.15) is 12.8 Å². The Kier molecular flexibility index (Phi) is 4.43. The van der Waals surface area contributed by atoms with Gasteiger partial charge in [-0.2, -0.15) is 13.2 Å². The standard InChI is InChI=1S/C12H13F3N2O3/c13-12(14,15)11(18)20-9-1-2-10(17-7-9)19-8-3-5-16-6-4-8/h1-2,7-8,16H,3-6H2. The highest BCUT2D eigenvalue weighted by Crippen LogP contribution is 2.21. The molecule has 1 aliphatic heterocycles. The lowest BCUT2D eigenvalue weighted by atomic mass is 10.1. The normalized spacial score (nSPS) is 16.8. The minimum absolute atomic E-state index is 0.0346. The van der Waals surface area contributed by atoms with E-state index in [0.717, 1.165) is 32.1 Å². The topological polar surface area (TPSA) is 60.5 Å². The maximum Gasteiger partial charge on any atom is 0.491 e. The molecule has 20 heavy (non-hydrogen) atoms. The zero-order valence-corrected chi connectivity index (χ0v) is 10.4. The summed E-state index contributed by atoms with van der Waals surface area (Å²) in [6.45, 7) is 1.71. The zero-order chi connectivity index (χ0) is 14.6. The largest absolute Gasteiger partial charge is 0.491 e. The van der Waals surface area contributed by atoms with Gasteiger partial charge in [0.2, 0.25) is 5.88 Å². The van der Waals surface area contributed by atoms with Gasteiger partial charge in [-0.25, -0.2) is 9.78 Å². The number of hydrogen-bond acceptors (Lipinski definition) is 5. The van der Waals surface area contributed by atoms with E-state index in [-0.39, 0.29) is 11.9 Å². The Balaban J connectivity index is 1.91. The number of nitrogens with one attached hydrogen (secondary N) is 1. The van der Waals surface area contributed by atoms with Gasteiger partial charge in [0.05, 0.1) is 6.20 Å². The molecule has 0 aliphatic carbocycles. The second kappa shape index (κ2) is 6.08. The second-order valence-corrected chi connectivity index (χ2v) is 4.29. The van der Waals surface area contributed by atoms with Gasteiger partial charge in [-0.05, 0) is 32.0 Å². The quantitative estimate of drug-likeness (QED) is 0.858. The summed E-state index contributed by atoms with van der Waals surface area (Å²) in [5, 5.41) is 3.18. The first-order valence-corrected chi connectivity index (χ1v) is 6.07. The van der Waals surface area contributed by atoms with Crippen LogP contribution in [0.4, 0.5) is 13.2 Å². The van der Waals surface area contributed by atoms with Crippen LogP contribution in [-0.4, -0.2) is 36.3 Å². The highest BCUT2D eigenvalue weighted by molar-refractivity contribution is 5.78. The Morgan fingerprint density at radius 3 is 2.55 bits per heavy atom. The van der Waals surface area contributed by atoms with Gasteiger partial charge in [0.25, 0.3) is 0 Å². The molecule has 2 heterocycles. The van der Waals surface area contributed by atoms with Crippen LogP contribution in [0.2, 0.25) is 0 Å². The number of ether oxygens (including phenoxy) is 2. The van der Waals surface area contributed by atoms with Gasteiger partial charge in [-0.15, -0.1) is 0 Å². The van der Waals surface area contributed by atoms with E-state index in [2.05, 4.69) is 15.0 Å². The molecule has 0 radical (unpaired) electrons. The first kappa shape index (κ1) is 14.6. The number of pyridine rings is 1. The average molecular weight is 290 g/mol. The van der Waals surface area contributed by atoms with Crippen molar-refractivity contribution in [2.75, 3.05) is 13.1 Å². The molecule has 0 amide bonds. The minimum atomic E-state index is -5.02. The SMILES string of the molecule is O=C(Oc1ccc(OC2CCNCC2)nc1)C(F)(F)F. The number of aromatic nitrogens is 1. The molecule has 0 saturated carbocycles. The molecule has 1 aliphatic rings. The fraction of sp³-hybridized carbons (Fsp3) is 0.500. The summed E-state index contributed by atoms with van der Waals surface area (Å²) in [6, 6.07) is 2.59. The molecule has 110 valence electrons. The molecule has 0 atom stereocenters. The van der Waals surface area contributed by atoms with E-state index in [1.54, 1.807) is 0 Å². The van der Waals surface area contributed by atoms with Crippen molar-refractivity contribution in [2.45, 2.75) is 25.1 Å². The second-order valence-electron chi connectivity index (χ2n) is 4.29. The lowest BCUT2D eigenvalue weighted by molar-refractivity contribution is -0.189. The maximum absolute atomic E-state index is 12.0. The molecule has 1 aromatic heterocycles. The molecule has 0 aromatic carbocycles. The predicted octanol–water partition coefficient (Wildman–Crippen LogP) is 1.68. The van der Waals surface area contributed by atoms with E-state index in [0.29, 0.717) is 5.88 Å². The third kappa shape index (κ3) is 4.09. The van der Waals surface area contributed by atoms with Gasteiger partial charge in [-0.3, -0.25) is 0 Å². The van der Waals surface area contributed by atoms with Crippen molar-refractivity contribution in [2.24, 2.45) is 0 Å². The summed E-state index contributed by atoms with van der Waals surface area (Å²) < 4.78 is 45.7. The molecule has 8 heteroatoms. The molecule has 0 bridgehead atoms. The van der Waals surface area contributed by atoms with Crippen LogP contribution in [0, 0.1) is 0 Å². The van der Waals surface area contributed by atoms with Crippen LogP contribution in [0.3, 0.4) is 0 Å². The molecule has 0 unspecified atom stereocenters. The summed E-state index contributed by atoms with van der Waals surface area (Å²) in [4.78, 5) is 14.4. The number of halogens is 3. The van der Waals surface area contributed by atoms with Crippen molar-refractivity contribution in [1.82, 2.24) is 10.3 Å². The fourth-order valence-corrected chi connectivity index (χ4v) is 1.75. The van der Waals surface area contributed by atoms with Crippen molar-refractivity contribution >= 4 is 5.97 Å². The van der Waals surface area contributed by atoms with Crippen molar-refractivity contribution in [3.8, 4) is 11.6 Å². The van der Waals surface area contributed by atoms with Gasteiger partial charge < -0.3 is 14.8 Å². The monoisotopic (exact) mass is 290 g/mol. The average Bonchev–Trinajstić information content (AvgIpc) is 2.41. The molecule has 1 fully saturated rings. The maximum atomic E-state index is 12.0. The van der Waals surface area contributed by atoms with Crippen LogP contribution in [0.25, 0.3) is 0 Å². The van der Waals surface area contributed by atoms with Crippen molar-refractivity contribution in [1.29, 1.82) is 0 Å². The van der Waals surface area contributed by atoms with E-state index in [1.807, 2.05) is 0 Å². The third-order valence-corrected chi connectivity index (χ3v) is 2.72. The Labute approximate surface area is 113 Å². The minimum Gasteiger partial charge on any atom is -0.474 e. The lowest BCUT2D eigenvalue weighted by Crippen LogP contribution is -2.34. The van der Waals surface area contributed by atoms with Gasteiger partial charge >= 0.3 is 12.1 Å². The van der Waals surface area contributed by atoms with E-state index in [4.69, 9.17) is 4.74 Å². The number of rotatable bonds is 3. The number of esters is 1. The van der Waals surface area contributed by atoms with Crippen LogP contribution in [0.15, 0.2) is 18.3 Å². The van der Waals surface area contributed by atoms with Gasteiger partial charge in [0.1, 0.15) is 11.9 Å². The Hall–Kier alpha value is -1.83. The zero-order valence-electron chi connectivity index (χ0n) is 10.4. The van der Waals surface area contributed by atoms with Crippen molar-refractivity contribution in [3.05, 3.63) is 18.3 Å². The smallest absolute Gasteiger partial charge is 0.474 e. The molecule has 1 aromatic rings. The Morgan fingerprint density at radius 2 is 2.00 bits per heavy atom. The lowest BCUT2D eigenvalue weighted by Gasteiger charge is -2.23. The van der Waals surface area contributed by atoms with E-state index in [9.17, 15) is 18.0 Å². The molecule has 2 rings (SSSR count). The van der Waals surface area contributed by atoms with Crippen LogP contribution < -0.4 is 14.8 Å². The number of piperidine rings is 1. The molecule has 0 spiro atoms. The third-order valence-electron chi connectivity index (χ3n) is 2.72. The first-order chi connectivity index (χ1) is 9.45. The summed E-state index contributed by atoms with van der Waals surface area (Å²) in [6.07, 6.45) is -2.28. The van der Waals surface area contributed by atoms with E-state index in [1.165, 1.54) is 12.1 Å². The van der Waals surface area contributed by atoms with Crippen LogP contribution in [-0.2, 0) is 4.79 Å². The molecule has 5 nitrogen and oxygen atoms in total. The first-order valence-electron chi connectivity index (χ1n) is 6.07. The number of alkyl halides is 3. The molecule has 1 N–H and O–H groups in total. The molecule has 1 saturated heterocycles. The predicted molar refractivity (Wildman–Crippen MR) is 62.4 cm³/mol. The molecular formula is C12H13F3N2O3. The fourth-order valence-electron chi connectivity index (χ4n) is 1.75. The Morgan fingerprint density at radius 1 is 1.30 bits per heavy atom. The van der Waals surface area contributed by atoms with Gasteiger partial charge in [0, 0.05) is 6.07 Å². The van der Waals surface area contributed by atoms with Crippen molar-refractivity contribution < 1.29 is 27.4 Å². The van der Waals surface area contributed by atoms with Crippen LogP contribution >= 0.6 is 0 Å². The Bertz CT molecular complexity index is 456. The number of carbonyl (C=O) groups is 1. The summed E-state index contributed by atoms with van der Waals surface area (Å²) >= 11 is 0. The summed E-state index contributed by atoms with van der Waals surface area (Å²) in [5.74, 6) is -2.25. The van der Waals surface area contributed by atoms with Gasteiger partial charge in [-0.1, -0.05) is 0 Å². The van der Waals surface area contributed by atoms with Crippen LogP contribution in [0.5, 0.6) is 11.6 Å². The van der Waals surface area contributed by atoms with Gasteiger partial charge in [0.15, 0.2) is 0 Å². The highest BCUT2D eigenvalue weighted by Gasteiger charge is 2.41. The summed E-state index contributed by atoms with van der Waals surface area (Å²) in [5.41, 5.74) is 0. The number of hydrogen-bond donors (Lipinski definition) is 1. The number of carbonyl (C=O) groups excluding carboxylic acids is 1. The van der Waals surface area contributed by atoms with E-state index >= 15 is 0 Å². The number of nitrogens with zero attached hydrogens (tertiary/aromatic N) is 1.